The van der Waals surface area contributed by atoms with Gasteiger partial charge < -0.3 is 29.2 Å². The largest absolute Gasteiger partial charge is 0.573 e. The Balaban J connectivity index is 1.51. The van der Waals surface area contributed by atoms with E-state index >= 15 is 0 Å². The summed E-state index contributed by atoms with van der Waals surface area (Å²) < 4.78 is 59.8. The molecule has 0 radical (unpaired) electrons. The maximum absolute atomic E-state index is 14.2. The van der Waals surface area contributed by atoms with Gasteiger partial charge in [0.2, 0.25) is 0 Å². The number of anilines is 2. The van der Waals surface area contributed by atoms with Crippen LogP contribution in [0.3, 0.4) is 0 Å². The zero-order valence-electron chi connectivity index (χ0n) is 21.9. The molecule has 1 atom stereocenters. The number of hydrogen-bond donors (Lipinski definition) is 1. The Bertz CT molecular complexity index is 1400. The molecule has 0 aromatic heterocycles. The van der Waals surface area contributed by atoms with Crippen molar-refractivity contribution in [3.8, 4) is 23.0 Å². The number of alkyl halides is 3. The lowest BCUT2D eigenvalue weighted by atomic mass is 10.0. The maximum Gasteiger partial charge on any atom is 0.573 e. The van der Waals surface area contributed by atoms with Crippen LogP contribution in [-0.4, -0.2) is 39.6 Å². The summed E-state index contributed by atoms with van der Waals surface area (Å²) >= 11 is 6.20. The monoisotopic (exact) mass is 576 g/mol. The topological polar surface area (TPSA) is 69.3 Å². The number of nitrogens with one attached hydrogen (secondary N) is 1. The number of rotatable bonds is 10. The maximum atomic E-state index is 14.2. The van der Waals surface area contributed by atoms with Gasteiger partial charge in [-0.15, -0.1) is 13.2 Å². The van der Waals surface area contributed by atoms with E-state index in [0.717, 1.165) is 18.4 Å². The summed E-state index contributed by atoms with van der Waals surface area (Å²) in [5.41, 5.74) is 2.14. The molecule has 1 saturated carbocycles. The highest BCUT2D eigenvalue weighted by atomic mass is 35.5. The van der Waals surface area contributed by atoms with Gasteiger partial charge in [0.05, 0.1) is 26.5 Å². The first kappa shape index (κ1) is 27.8. The van der Waals surface area contributed by atoms with Crippen LogP contribution in [-0.2, 0) is 11.2 Å². The van der Waals surface area contributed by atoms with Crippen LogP contribution >= 0.6 is 11.6 Å². The SMILES string of the molecule is COc1cc(NC(C(=O)N2CCc3ccc(OC(F)(F)F)cc32)c2ccc(Cl)cc2OC)cc(OCC2CC2)c1. The molecule has 1 heterocycles. The van der Waals surface area contributed by atoms with Gasteiger partial charge in [-0.05, 0) is 48.9 Å². The van der Waals surface area contributed by atoms with E-state index in [1.54, 1.807) is 42.5 Å². The number of carbonyl (C=O) groups is 1. The van der Waals surface area contributed by atoms with E-state index in [9.17, 15) is 18.0 Å². The first-order valence-corrected chi connectivity index (χ1v) is 13.1. The summed E-state index contributed by atoms with van der Waals surface area (Å²) in [7, 11) is 3.01. The van der Waals surface area contributed by atoms with Gasteiger partial charge in [-0.1, -0.05) is 23.7 Å². The van der Waals surface area contributed by atoms with E-state index < -0.39 is 24.1 Å². The van der Waals surface area contributed by atoms with Gasteiger partial charge in [-0.3, -0.25) is 4.79 Å². The van der Waals surface area contributed by atoms with Gasteiger partial charge in [0.1, 0.15) is 29.0 Å². The summed E-state index contributed by atoms with van der Waals surface area (Å²) in [6.07, 6.45) is -2.10. The number of amides is 1. The van der Waals surface area contributed by atoms with E-state index in [1.807, 2.05) is 0 Å². The highest BCUT2D eigenvalue weighted by Crippen LogP contribution is 2.39. The van der Waals surface area contributed by atoms with Crippen LogP contribution in [0.4, 0.5) is 24.5 Å². The molecule has 1 aliphatic heterocycles. The molecular weight excluding hydrogens is 549 g/mol. The van der Waals surface area contributed by atoms with Gasteiger partial charge in [-0.25, -0.2) is 0 Å². The average molecular weight is 577 g/mol. The summed E-state index contributed by atoms with van der Waals surface area (Å²) in [5, 5.41) is 3.70. The van der Waals surface area contributed by atoms with Crippen LogP contribution in [0.1, 0.15) is 30.0 Å². The van der Waals surface area contributed by atoms with Crippen molar-refractivity contribution in [3.63, 3.8) is 0 Å². The number of nitrogens with zero attached hydrogens (tertiary/aromatic N) is 1. The molecule has 11 heteroatoms. The Kier molecular flexibility index (Phi) is 7.89. The number of methoxy groups -OCH3 is 2. The number of carbonyl (C=O) groups excluding carboxylic acids is 1. The van der Waals surface area contributed by atoms with Crippen molar-refractivity contribution in [2.75, 3.05) is 37.6 Å². The lowest BCUT2D eigenvalue weighted by Crippen LogP contribution is -2.37. The van der Waals surface area contributed by atoms with Gasteiger partial charge in [-0.2, -0.15) is 0 Å². The van der Waals surface area contributed by atoms with Crippen molar-refractivity contribution in [3.05, 3.63) is 70.7 Å². The number of halogens is 4. The van der Waals surface area contributed by atoms with E-state index in [1.165, 1.54) is 31.3 Å². The van der Waals surface area contributed by atoms with Gasteiger partial charge in [0.25, 0.3) is 5.91 Å². The number of hydrogen-bond acceptors (Lipinski definition) is 6. The molecule has 7 nitrogen and oxygen atoms in total. The van der Waals surface area contributed by atoms with E-state index in [-0.39, 0.29) is 6.54 Å². The Morgan fingerprint density at radius 3 is 2.50 bits per heavy atom. The molecule has 1 amide bonds. The van der Waals surface area contributed by atoms with Crippen LogP contribution in [0, 0.1) is 5.92 Å². The minimum Gasteiger partial charge on any atom is -0.497 e. The van der Waals surface area contributed by atoms with Crippen LogP contribution in [0.25, 0.3) is 0 Å². The molecule has 1 aliphatic carbocycles. The zero-order valence-corrected chi connectivity index (χ0v) is 22.6. The third-order valence-electron chi connectivity index (χ3n) is 6.81. The lowest BCUT2D eigenvalue weighted by Gasteiger charge is -2.27. The molecule has 0 bridgehead atoms. The van der Waals surface area contributed by atoms with Gasteiger partial charge in [0, 0.05) is 47.1 Å². The normalized spacial score (nSPS) is 15.3. The first-order valence-electron chi connectivity index (χ1n) is 12.8. The van der Waals surface area contributed by atoms with Gasteiger partial charge >= 0.3 is 6.36 Å². The molecule has 0 saturated heterocycles. The lowest BCUT2D eigenvalue weighted by molar-refractivity contribution is -0.274. The fourth-order valence-electron chi connectivity index (χ4n) is 4.66. The second-order valence-corrected chi connectivity index (χ2v) is 10.1. The Labute approximate surface area is 234 Å². The van der Waals surface area contributed by atoms with Crippen LogP contribution in [0.5, 0.6) is 23.0 Å². The molecule has 0 spiro atoms. The van der Waals surface area contributed by atoms with E-state index in [0.29, 0.717) is 58.2 Å². The highest BCUT2D eigenvalue weighted by molar-refractivity contribution is 6.30. The number of ether oxygens (including phenoxy) is 4. The first-order chi connectivity index (χ1) is 19.1. The Morgan fingerprint density at radius 1 is 1.02 bits per heavy atom. The molecule has 3 aromatic carbocycles. The minimum atomic E-state index is -4.85. The summed E-state index contributed by atoms with van der Waals surface area (Å²) in [5.74, 6) is 1.24. The third kappa shape index (κ3) is 6.50. The third-order valence-corrected chi connectivity index (χ3v) is 7.05. The minimum absolute atomic E-state index is 0.283. The molecule has 1 N–H and O–H groups in total. The smallest absolute Gasteiger partial charge is 0.497 e. The van der Waals surface area contributed by atoms with E-state index in [4.69, 9.17) is 25.8 Å². The van der Waals surface area contributed by atoms with Crippen molar-refractivity contribution in [2.45, 2.75) is 31.7 Å². The van der Waals surface area contributed by atoms with Crippen molar-refractivity contribution < 1.29 is 36.9 Å². The average Bonchev–Trinajstić information content (AvgIpc) is 3.66. The number of fused-ring (bicyclic) bond motifs is 1. The zero-order chi connectivity index (χ0) is 28.4. The summed E-state index contributed by atoms with van der Waals surface area (Å²) in [4.78, 5) is 15.6. The van der Waals surface area contributed by atoms with Crippen LogP contribution in [0.2, 0.25) is 5.02 Å². The second kappa shape index (κ2) is 11.4. The van der Waals surface area contributed by atoms with Crippen molar-refractivity contribution in [1.82, 2.24) is 0 Å². The molecule has 212 valence electrons. The molecule has 40 heavy (non-hydrogen) atoms. The van der Waals surface area contributed by atoms with Crippen LogP contribution in [0.15, 0.2) is 54.6 Å². The Hall–Kier alpha value is -3.79. The standard InChI is InChI=1S/C29H28ClF3N2O5/c1-37-22-12-20(13-23(14-22)39-16-17-3-4-17)34-27(24-8-6-19(30)11-26(24)38-2)28(36)35-10-9-18-5-7-21(15-25(18)35)40-29(31,32)33/h5-8,11-15,17,27,34H,3-4,9-10,16H2,1-2H3. The van der Waals surface area contributed by atoms with Crippen molar-refractivity contribution in [1.29, 1.82) is 0 Å². The predicted octanol–water partition coefficient (Wildman–Crippen LogP) is 6.79. The quantitative estimate of drug-likeness (QED) is 0.287. The van der Waals surface area contributed by atoms with Crippen molar-refractivity contribution >= 4 is 28.9 Å². The second-order valence-electron chi connectivity index (χ2n) is 9.69. The molecular formula is C29H28ClF3N2O5. The summed E-state index contributed by atoms with van der Waals surface area (Å²) in [6.45, 7) is 0.873. The molecule has 3 aromatic rings. The Morgan fingerprint density at radius 2 is 1.80 bits per heavy atom. The molecule has 1 fully saturated rings. The predicted molar refractivity (Wildman–Crippen MR) is 145 cm³/mol. The molecule has 5 rings (SSSR count). The fraction of sp³-hybridized carbons (Fsp3) is 0.345. The summed E-state index contributed by atoms with van der Waals surface area (Å²) in [6, 6.07) is 13.2. The van der Waals surface area contributed by atoms with Gasteiger partial charge in [0.15, 0.2) is 0 Å². The highest BCUT2D eigenvalue weighted by Gasteiger charge is 2.35. The van der Waals surface area contributed by atoms with Crippen LogP contribution < -0.4 is 29.2 Å². The molecule has 2 aliphatic rings. The molecule has 1 unspecified atom stereocenters. The van der Waals surface area contributed by atoms with E-state index in [2.05, 4.69) is 10.1 Å². The number of benzene rings is 3. The fourth-order valence-corrected chi connectivity index (χ4v) is 4.82. The van der Waals surface area contributed by atoms with Crippen molar-refractivity contribution in [2.24, 2.45) is 5.92 Å².